The lowest BCUT2D eigenvalue weighted by Gasteiger charge is -2.40. The zero-order valence-corrected chi connectivity index (χ0v) is 51.7. The summed E-state index contributed by atoms with van der Waals surface area (Å²) in [6.07, 6.45) is 70.0. The Morgan fingerprint density at radius 3 is 1.04 bits per heavy atom. The largest absolute Gasteiger partial charge is 0.394 e. The Labute approximate surface area is 483 Å². The van der Waals surface area contributed by atoms with Crippen molar-refractivity contribution in [1.82, 2.24) is 5.32 Å². The second-order valence-corrected chi connectivity index (χ2v) is 24.3. The van der Waals surface area contributed by atoms with Gasteiger partial charge < -0.3 is 40.3 Å². The van der Waals surface area contributed by atoms with Crippen LogP contribution in [0.15, 0.2) is 24.3 Å². The Balaban J connectivity index is 2.09. The third-order valence-electron chi connectivity index (χ3n) is 16.8. The molecule has 1 aliphatic heterocycles. The standard InChI is InChI=1S/C69H133NO8/c1-3-5-7-9-11-13-15-17-19-21-23-25-26-27-28-29-30-31-32-33-34-35-36-37-38-39-41-43-45-47-49-51-53-55-57-59-65(73)70-62(61-77-69-68(76)67(75)66(74)64(60-71)78-69)63(72)58-56-54-52-50-48-46-44-42-40-24-22-20-18-16-14-12-10-8-6-4-2/h29-30,56,58,62-64,66-69,71-72,74-76H,3-28,31-55,57,59-61H2,1-2H3,(H,70,73)/b30-29-,58-56+. The van der Waals surface area contributed by atoms with Crippen molar-refractivity contribution < 1.29 is 39.8 Å². The Morgan fingerprint density at radius 2 is 0.718 bits per heavy atom. The summed E-state index contributed by atoms with van der Waals surface area (Å²) in [7, 11) is 0. The van der Waals surface area contributed by atoms with Gasteiger partial charge >= 0.3 is 0 Å². The fourth-order valence-electron chi connectivity index (χ4n) is 11.3. The van der Waals surface area contributed by atoms with E-state index in [1.807, 2.05) is 6.08 Å². The molecule has 0 bridgehead atoms. The van der Waals surface area contributed by atoms with E-state index in [4.69, 9.17) is 9.47 Å². The Hall–Kier alpha value is -1.33. The van der Waals surface area contributed by atoms with Gasteiger partial charge in [0.15, 0.2) is 6.29 Å². The van der Waals surface area contributed by atoms with E-state index in [-0.39, 0.29) is 12.5 Å². The van der Waals surface area contributed by atoms with Gasteiger partial charge in [-0.2, -0.15) is 0 Å². The van der Waals surface area contributed by atoms with Crippen LogP contribution in [0.4, 0.5) is 0 Å². The highest BCUT2D eigenvalue weighted by atomic mass is 16.7. The number of ether oxygens (including phenoxy) is 2. The molecule has 0 aromatic carbocycles. The van der Waals surface area contributed by atoms with Gasteiger partial charge in [0.05, 0.1) is 25.4 Å². The summed E-state index contributed by atoms with van der Waals surface area (Å²) in [6.45, 7) is 3.83. The molecule has 1 amide bonds. The van der Waals surface area contributed by atoms with Gasteiger partial charge in [-0.3, -0.25) is 4.79 Å². The van der Waals surface area contributed by atoms with Crippen LogP contribution in [0.5, 0.6) is 0 Å². The molecule has 1 heterocycles. The zero-order valence-electron chi connectivity index (χ0n) is 51.7. The summed E-state index contributed by atoms with van der Waals surface area (Å²) < 4.78 is 11.3. The molecule has 1 fully saturated rings. The SMILES string of the molecule is CCCCCCCCCCCCCCCC/C=C\CCCCCCCCCCCCCCCCCCCC(=O)NC(COC1OC(CO)C(O)C(O)C1O)C(O)/C=C/CCCCCCCCCCCCCCCCCCCC. The van der Waals surface area contributed by atoms with E-state index >= 15 is 0 Å². The second-order valence-electron chi connectivity index (χ2n) is 24.3. The molecule has 1 aliphatic rings. The number of carbonyl (C=O) groups is 1. The van der Waals surface area contributed by atoms with Crippen molar-refractivity contribution in [3.63, 3.8) is 0 Å². The Bertz CT molecular complexity index is 1280. The van der Waals surface area contributed by atoms with Crippen LogP contribution in [0.2, 0.25) is 0 Å². The van der Waals surface area contributed by atoms with Gasteiger partial charge in [-0.25, -0.2) is 0 Å². The minimum atomic E-state index is -1.57. The van der Waals surface area contributed by atoms with E-state index in [1.165, 1.54) is 295 Å². The van der Waals surface area contributed by atoms with Gasteiger partial charge in [0, 0.05) is 6.42 Å². The molecule has 1 rings (SSSR count). The van der Waals surface area contributed by atoms with Crippen molar-refractivity contribution in [2.75, 3.05) is 13.2 Å². The maximum Gasteiger partial charge on any atom is 0.220 e. The number of aliphatic hydroxyl groups excluding tert-OH is 5. The predicted molar refractivity (Wildman–Crippen MR) is 332 cm³/mol. The molecule has 0 spiro atoms. The number of unbranched alkanes of at least 4 members (excludes halogenated alkanes) is 49. The molecule has 0 saturated carbocycles. The molecule has 78 heavy (non-hydrogen) atoms. The number of rotatable bonds is 61. The zero-order chi connectivity index (χ0) is 56.5. The minimum absolute atomic E-state index is 0.169. The van der Waals surface area contributed by atoms with Crippen LogP contribution < -0.4 is 5.32 Å². The number of allylic oxidation sites excluding steroid dienone is 3. The monoisotopic (exact) mass is 1100 g/mol. The van der Waals surface area contributed by atoms with Gasteiger partial charge in [-0.15, -0.1) is 0 Å². The second kappa shape index (κ2) is 58.9. The van der Waals surface area contributed by atoms with Crippen molar-refractivity contribution in [3.8, 4) is 0 Å². The van der Waals surface area contributed by atoms with E-state index in [0.29, 0.717) is 6.42 Å². The Kier molecular flexibility index (Phi) is 56.3. The normalized spacial score (nSPS) is 18.7. The maximum absolute atomic E-state index is 13.1. The third kappa shape index (κ3) is 47.2. The molecule has 0 aliphatic carbocycles. The van der Waals surface area contributed by atoms with Gasteiger partial charge in [-0.05, 0) is 44.9 Å². The lowest BCUT2D eigenvalue weighted by Crippen LogP contribution is -2.60. The average Bonchev–Trinajstić information content (AvgIpc) is 3.45. The first-order chi connectivity index (χ1) is 38.3. The molecular weight excluding hydrogens is 971 g/mol. The van der Waals surface area contributed by atoms with Gasteiger partial charge in [-0.1, -0.05) is 327 Å². The van der Waals surface area contributed by atoms with Crippen molar-refractivity contribution in [2.45, 2.75) is 397 Å². The van der Waals surface area contributed by atoms with E-state index < -0.39 is 49.5 Å². The number of carbonyl (C=O) groups excluding carboxylic acids is 1. The number of aliphatic hydroxyl groups is 5. The van der Waals surface area contributed by atoms with Crippen molar-refractivity contribution >= 4 is 5.91 Å². The van der Waals surface area contributed by atoms with E-state index in [1.54, 1.807) is 6.08 Å². The number of amides is 1. The first kappa shape index (κ1) is 74.7. The molecule has 0 radical (unpaired) electrons. The lowest BCUT2D eigenvalue weighted by molar-refractivity contribution is -0.302. The van der Waals surface area contributed by atoms with Crippen LogP contribution >= 0.6 is 0 Å². The summed E-state index contributed by atoms with van der Waals surface area (Å²) in [6, 6.07) is -0.803. The summed E-state index contributed by atoms with van der Waals surface area (Å²) in [5.74, 6) is -0.169. The molecule has 6 N–H and O–H groups in total. The number of hydrogen-bond acceptors (Lipinski definition) is 8. The quantitative estimate of drug-likeness (QED) is 0.0261. The fraction of sp³-hybridized carbons (Fsp3) is 0.928. The fourth-order valence-corrected chi connectivity index (χ4v) is 11.3. The summed E-state index contributed by atoms with van der Waals surface area (Å²) in [5, 5.41) is 54.7. The Morgan fingerprint density at radius 1 is 0.423 bits per heavy atom. The van der Waals surface area contributed by atoms with Crippen LogP contribution in [0.25, 0.3) is 0 Å². The molecule has 9 heteroatoms. The van der Waals surface area contributed by atoms with Crippen LogP contribution in [-0.2, 0) is 14.3 Å². The number of nitrogens with one attached hydrogen (secondary N) is 1. The highest BCUT2D eigenvalue weighted by molar-refractivity contribution is 5.76. The topological polar surface area (TPSA) is 149 Å². The van der Waals surface area contributed by atoms with Crippen molar-refractivity contribution in [2.24, 2.45) is 0 Å². The lowest BCUT2D eigenvalue weighted by atomic mass is 9.99. The van der Waals surface area contributed by atoms with Gasteiger partial charge in [0.2, 0.25) is 5.91 Å². The maximum atomic E-state index is 13.1. The van der Waals surface area contributed by atoms with Crippen molar-refractivity contribution in [1.29, 1.82) is 0 Å². The van der Waals surface area contributed by atoms with Crippen LogP contribution in [0, 0.1) is 0 Å². The summed E-state index contributed by atoms with van der Waals surface area (Å²) in [4.78, 5) is 13.1. The predicted octanol–water partition coefficient (Wildman–Crippen LogP) is 18.5. The van der Waals surface area contributed by atoms with Crippen LogP contribution in [-0.4, -0.2) is 87.5 Å². The highest BCUT2D eigenvalue weighted by Crippen LogP contribution is 2.23. The summed E-state index contributed by atoms with van der Waals surface area (Å²) >= 11 is 0. The molecule has 7 unspecified atom stereocenters. The van der Waals surface area contributed by atoms with E-state index in [9.17, 15) is 30.3 Å². The van der Waals surface area contributed by atoms with Gasteiger partial charge in [0.1, 0.15) is 24.4 Å². The molecule has 462 valence electrons. The molecular formula is C69H133NO8. The summed E-state index contributed by atoms with van der Waals surface area (Å²) in [5.41, 5.74) is 0. The third-order valence-corrected chi connectivity index (χ3v) is 16.8. The molecule has 7 atom stereocenters. The molecule has 0 aromatic heterocycles. The highest BCUT2D eigenvalue weighted by Gasteiger charge is 2.44. The number of hydrogen-bond donors (Lipinski definition) is 6. The van der Waals surface area contributed by atoms with Crippen LogP contribution in [0.1, 0.15) is 354 Å². The first-order valence-corrected chi connectivity index (χ1v) is 34.6. The van der Waals surface area contributed by atoms with Gasteiger partial charge in [0.25, 0.3) is 0 Å². The minimum Gasteiger partial charge on any atom is -0.394 e. The average molecular weight is 1100 g/mol. The first-order valence-electron chi connectivity index (χ1n) is 34.6. The molecule has 1 saturated heterocycles. The van der Waals surface area contributed by atoms with E-state index in [0.717, 1.165) is 38.5 Å². The smallest absolute Gasteiger partial charge is 0.220 e. The molecule has 9 nitrogen and oxygen atoms in total. The van der Waals surface area contributed by atoms with Crippen LogP contribution in [0.3, 0.4) is 0 Å². The van der Waals surface area contributed by atoms with Crippen molar-refractivity contribution in [3.05, 3.63) is 24.3 Å². The van der Waals surface area contributed by atoms with E-state index in [2.05, 4.69) is 31.3 Å². The molecule has 0 aromatic rings.